The molecule has 2 fully saturated rings. The van der Waals surface area contributed by atoms with Gasteiger partial charge in [-0.15, -0.1) is 0 Å². The minimum atomic E-state index is -0.668. The van der Waals surface area contributed by atoms with Crippen LogP contribution in [0.3, 0.4) is 0 Å². The molecular weight excluding hydrogens is 250 g/mol. The van der Waals surface area contributed by atoms with Crippen LogP contribution in [-0.2, 0) is 9.53 Å². The van der Waals surface area contributed by atoms with Gasteiger partial charge in [0.2, 0.25) is 0 Å². The number of nitrogens with zero attached hydrogens (tertiary/aromatic N) is 1. The van der Waals surface area contributed by atoms with Crippen molar-refractivity contribution < 1.29 is 14.6 Å². The van der Waals surface area contributed by atoms with Crippen LogP contribution in [0.1, 0.15) is 32.1 Å². The molecule has 1 aliphatic carbocycles. The summed E-state index contributed by atoms with van der Waals surface area (Å²) in [6, 6.07) is 0.798. The number of carbonyl (C=O) groups is 1. The monoisotopic (exact) mass is 273 g/mol. The summed E-state index contributed by atoms with van der Waals surface area (Å²) < 4.78 is 5.40. The van der Waals surface area contributed by atoms with E-state index in [1.165, 1.54) is 0 Å². The maximum Gasteiger partial charge on any atom is 0.304 e. The average molecular weight is 273 g/mol. The number of hydrogen-bond acceptors (Lipinski definition) is 4. The lowest BCUT2D eigenvalue weighted by molar-refractivity contribution is -0.138. The first-order valence-electron chi connectivity index (χ1n) is 6.78. The molecule has 0 amide bonds. The third-order valence-corrected chi connectivity index (χ3v) is 5.22. The Balaban J connectivity index is 1.90. The van der Waals surface area contributed by atoms with Gasteiger partial charge in [-0.3, -0.25) is 9.69 Å². The number of rotatable bonds is 4. The molecule has 0 spiro atoms. The Morgan fingerprint density at radius 2 is 2.11 bits per heavy atom. The van der Waals surface area contributed by atoms with Crippen molar-refractivity contribution in [1.82, 2.24) is 4.90 Å². The van der Waals surface area contributed by atoms with Crippen molar-refractivity contribution in [3.05, 3.63) is 0 Å². The predicted molar refractivity (Wildman–Crippen MR) is 73.1 cm³/mol. The average Bonchev–Trinajstić information content (AvgIpc) is 2.39. The number of hydrogen-bond donors (Lipinski definition) is 1. The van der Waals surface area contributed by atoms with Gasteiger partial charge in [0.15, 0.2) is 0 Å². The minimum Gasteiger partial charge on any atom is -0.481 e. The van der Waals surface area contributed by atoms with Crippen LogP contribution in [0.2, 0.25) is 0 Å². The summed E-state index contributed by atoms with van der Waals surface area (Å²) >= 11 is 1.89. The number of carboxylic acid groups (broad SMARTS) is 1. The molecule has 18 heavy (non-hydrogen) atoms. The fraction of sp³-hybridized carbons (Fsp3) is 0.923. The van der Waals surface area contributed by atoms with Crippen LogP contribution in [0.4, 0.5) is 0 Å². The lowest BCUT2D eigenvalue weighted by atomic mass is 9.90. The van der Waals surface area contributed by atoms with Crippen molar-refractivity contribution in [3.63, 3.8) is 0 Å². The van der Waals surface area contributed by atoms with Gasteiger partial charge in [0.1, 0.15) is 0 Å². The van der Waals surface area contributed by atoms with Gasteiger partial charge in [0.05, 0.1) is 12.5 Å². The zero-order valence-electron chi connectivity index (χ0n) is 11.0. The summed E-state index contributed by atoms with van der Waals surface area (Å²) in [4.78, 5) is 13.4. The largest absolute Gasteiger partial charge is 0.481 e. The lowest BCUT2D eigenvalue weighted by Gasteiger charge is -2.43. The Hall–Kier alpha value is -0.260. The molecule has 1 saturated heterocycles. The van der Waals surface area contributed by atoms with Gasteiger partial charge < -0.3 is 9.84 Å². The molecule has 0 bridgehead atoms. The first-order valence-corrected chi connectivity index (χ1v) is 7.94. The number of aliphatic carboxylic acids is 1. The van der Waals surface area contributed by atoms with Crippen molar-refractivity contribution in [3.8, 4) is 0 Å². The van der Waals surface area contributed by atoms with E-state index in [1.54, 1.807) is 7.11 Å². The number of thioether (sulfide) groups is 1. The Morgan fingerprint density at radius 1 is 1.39 bits per heavy atom. The topological polar surface area (TPSA) is 49.8 Å². The Bertz CT molecular complexity index is 279. The molecule has 2 aliphatic rings. The molecule has 104 valence electrons. The van der Waals surface area contributed by atoms with Crippen molar-refractivity contribution in [2.75, 3.05) is 25.2 Å². The van der Waals surface area contributed by atoms with Gasteiger partial charge >= 0.3 is 5.97 Å². The zero-order chi connectivity index (χ0) is 13.0. The normalized spacial score (nSPS) is 34.4. The highest BCUT2D eigenvalue weighted by atomic mass is 32.2. The second kappa shape index (κ2) is 6.78. The summed E-state index contributed by atoms with van der Waals surface area (Å²) in [5.74, 6) is 1.44. The molecule has 1 heterocycles. The Kier molecular flexibility index (Phi) is 5.33. The summed E-state index contributed by atoms with van der Waals surface area (Å²) in [6.45, 7) is 1.05. The van der Waals surface area contributed by atoms with E-state index in [-0.39, 0.29) is 12.5 Å². The van der Waals surface area contributed by atoms with Crippen LogP contribution < -0.4 is 0 Å². The highest BCUT2D eigenvalue weighted by Crippen LogP contribution is 2.30. The summed E-state index contributed by atoms with van der Waals surface area (Å²) in [7, 11) is 1.79. The number of carboxylic acids is 1. The minimum absolute atomic E-state index is 0.227. The van der Waals surface area contributed by atoms with E-state index in [4.69, 9.17) is 9.84 Å². The van der Waals surface area contributed by atoms with Crippen LogP contribution in [0.15, 0.2) is 0 Å². The van der Waals surface area contributed by atoms with Gasteiger partial charge in [-0.25, -0.2) is 0 Å². The first-order chi connectivity index (χ1) is 8.70. The van der Waals surface area contributed by atoms with Gasteiger partial charge in [0.25, 0.3) is 0 Å². The number of ether oxygens (including phenoxy) is 1. The van der Waals surface area contributed by atoms with Crippen LogP contribution in [0.25, 0.3) is 0 Å². The smallest absolute Gasteiger partial charge is 0.304 e. The Labute approximate surface area is 113 Å². The van der Waals surface area contributed by atoms with Crippen molar-refractivity contribution >= 4 is 17.7 Å². The quantitative estimate of drug-likeness (QED) is 0.847. The predicted octanol–water partition coefficient (Wildman–Crippen LogP) is 1.84. The van der Waals surface area contributed by atoms with Gasteiger partial charge in [0, 0.05) is 37.2 Å². The Morgan fingerprint density at radius 3 is 2.72 bits per heavy atom. The molecule has 0 radical (unpaired) electrons. The summed E-state index contributed by atoms with van der Waals surface area (Å²) in [5, 5.41) is 9.01. The van der Waals surface area contributed by atoms with Crippen molar-refractivity contribution in [2.24, 2.45) is 0 Å². The molecule has 1 N–H and O–H groups in total. The van der Waals surface area contributed by atoms with E-state index >= 15 is 0 Å². The highest BCUT2D eigenvalue weighted by molar-refractivity contribution is 7.99. The van der Waals surface area contributed by atoms with Crippen LogP contribution >= 0.6 is 11.8 Å². The maximum absolute atomic E-state index is 10.9. The molecule has 1 atom stereocenters. The number of methoxy groups -OCH3 is 1. The van der Waals surface area contributed by atoms with E-state index in [9.17, 15) is 4.79 Å². The lowest BCUT2D eigenvalue weighted by Crippen LogP contribution is -2.50. The van der Waals surface area contributed by atoms with Crippen LogP contribution in [-0.4, -0.2) is 59.3 Å². The second-order valence-electron chi connectivity index (χ2n) is 5.23. The van der Waals surface area contributed by atoms with Crippen molar-refractivity contribution in [2.45, 2.75) is 50.3 Å². The van der Waals surface area contributed by atoms with Gasteiger partial charge in [-0.2, -0.15) is 11.8 Å². The standard InChI is InChI=1S/C13H23NO3S/c1-17-12-4-2-10(3-5-12)14-6-7-18-9-11(14)8-13(15)16/h10-12H,2-9H2,1H3,(H,15,16). The molecular formula is C13H23NO3S. The van der Waals surface area contributed by atoms with E-state index < -0.39 is 5.97 Å². The molecule has 5 heteroatoms. The molecule has 1 saturated carbocycles. The zero-order valence-corrected chi connectivity index (χ0v) is 11.8. The molecule has 4 nitrogen and oxygen atoms in total. The fourth-order valence-electron chi connectivity index (χ4n) is 3.14. The van der Waals surface area contributed by atoms with Gasteiger partial charge in [-0.05, 0) is 25.7 Å². The molecule has 1 unspecified atom stereocenters. The highest BCUT2D eigenvalue weighted by Gasteiger charge is 2.33. The summed E-state index contributed by atoms with van der Waals surface area (Å²) in [6.07, 6.45) is 5.24. The third-order valence-electron chi connectivity index (χ3n) is 4.13. The molecule has 0 aromatic carbocycles. The third kappa shape index (κ3) is 3.62. The van der Waals surface area contributed by atoms with Gasteiger partial charge in [-0.1, -0.05) is 0 Å². The van der Waals surface area contributed by atoms with Crippen LogP contribution in [0.5, 0.6) is 0 Å². The van der Waals surface area contributed by atoms with E-state index in [1.807, 2.05) is 11.8 Å². The maximum atomic E-state index is 10.9. The fourth-order valence-corrected chi connectivity index (χ4v) is 4.23. The van der Waals surface area contributed by atoms with E-state index in [0.29, 0.717) is 12.1 Å². The SMILES string of the molecule is COC1CCC(N2CCSCC2CC(=O)O)CC1. The molecule has 2 rings (SSSR count). The van der Waals surface area contributed by atoms with Crippen LogP contribution in [0, 0.1) is 0 Å². The second-order valence-corrected chi connectivity index (χ2v) is 6.38. The molecule has 0 aromatic rings. The van der Waals surface area contributed by atoms with Crippen molar-refractivity contribution in [1.29, 1.82) is 0 Å². The summed E-state index contributed by atoms with van der Waals surface area (Å²) in [5.41, 5.74) is 0. The van der Waals surface area contributed by atoms with E-state index in [0.717, 1.165) is 43.7 Å². The van der Waals surface area contributed by atoms with E-state index in [2.05, 4.69) is 4.90 Å². The molecule has 0 aromatic heterocycles. The molecule has 1 aliphatic heterocycles. The first kappa shape index (κ1) is 14.2.